The van der Waals surface area contributed by atoms with Crippen molar-refractivity contribution in [1.29, 1.82) is 5.26 Å². The quantitative estimate of drug-likeness (QED) is 0.319. The number of hydrogen-bond donors (Lipinski definition) is 0. The first-order chi connectivity index (χ1) is 16.2. The lowest BCUT2D eigenvalue weighted by Gasteiger charge is -2.17. The third-order valence-corrected chi connectivity index (χ3v) is 6.08. The first-order valence-electron chi connectivity index (χ1n) is 11.2. The third kappa shape index (κ3) is 4.67. The predicted molar refractivity (Wildman–Crippen MR) is 125 cm³/mol. The minimum Gasteiger partial charge on any atom is -0.308 e. The molecule has 34 heavy (non-hydrogen) atoms. The summed E-state index contributed by atoms with van der Waals surface area (Å²) in [6.07, 6.45) is -3.42. The van der Waals surface area contributed by atoms with Crippen molar-refractivity contribution in [2.75, 3.05) is 0 Å². The monoisotopic (exact) mass is 462 g/mol. The number of nitriles is 1. The molecule has 4 nitrogen and oxygen atoms in total. The normalized spacial score (nSPS) is 12.6. The second-order valence-corrected chi connectivity index (χ2v) is 8.50. The van der Waals surface area contributed by atoms with Crippen molar-refractivity contribution in [2.24, 2.45) is 0 Å². The van der Waals surface area contributed by atoms with E-state index in [0.717, 1.165) is 57.9 Å². The van der Waals surface area contributed by atoms with Crippen LogP contribution >= 0.6 is 0 Å². The van der Waals surface area contributed by atoms with E-state index in [1.54, 1.807) is 0 Å². The molecule has 0 fully saturated rings. The molecule has 1 atom stereocenters. The maximum absolute atomic E-state index is 12.9. The molecule has 0 amide bonds. The predicted octanol–water partition coefficient (Wildman–Crippen LogP) is 6.72. The summed E-state index contributed by atoms with van der Waals surface area (Å²) in [6.45, 7) is 6.69. The number of halogens is 3. The standard InChI is InChI=1S/C27H25F3N4/c1-4-24-33-25-17(2)15-18(3)32-26(25)34(24)16-19-5-7-20(8-6-19)23(13-14-31)21-9-11-22(12-10-21)27(28,29)30/h5-12,15,23H,4,13,16H2,1-3H3. The summed E-state index contributed by atoms with van der Waals surface area (Å²) in [5.41, 5.74) is 5.76. The van der Waals surface area contributed by atoms with E-state index in [1.165, 1.54) is 12.1 Å². The number of pyridine rings is 1. The molecule has 1 unspecified atom stereocenters. The summed E-state index contributed by atoms with van der Waals surface area (Å²) in [4.78, 5) is 9.51. The van der Waals surface area contributed by atoms with E-state index >= 15 is 0 Å². The van der Waals surface area contributed by atoms with Crippen LogP contribution in [0.2, 0.25) is 0 Å². The van der Waals surface area contributed by atoms with Crippen LogP contribution in [-0.4, -0.2) is 14.5 Å². The van der Waals surface area contributed by atoms with E-state index < -0.39 is 11.7 Å². The number of fused-ring (bicyclic) bond motifs is 1. The lowest BCUT2D eigenvalue weighted by molar-refractivity contribution is -0.137. The molecule has 0 saturated heterocycles. The summed E-state index contributed by atoms with van der Waals surface area (Å²) >= 11 is 0. The Morgan fingerprint density at radius 3 is 2.15 bits per heavy atom. The molecule has 0 radical (unpaired) electrons. The third-order valence-electron chi connectivity index (χ3n) is 6.08. The van der Waals surface area contributed by atoms with Crippen molar-refractivity contribution >= 4 is 11.2 Å². The largest absolute Gasteiger partial charge is 0.416 e. The zero-order valence-electron chi connectivity index (χ0n) is 19.3. The number of hydrogen-bond acceptors (Lipinski definition) is 3. The van der Waals surface area contributed by atoms with Gasteiger partial charge in [0.1, 0.15) is 11.3 Å². The lowest BCUT2D eigenvalue weighted by atomic mass is 9.88. The van der Waals surface area contributed by atoms with Gasteiger partial charge in [0.05, 0.1) is 18.2 Å². The fraction of sp³-hybridized carbons (Fsp3) is 0.296. The zero-order chi connectivity index (χ0) is 24.5. The molecular formula is C27H25F3N4. The second-order valence-electron chi connectivity index (χ2n) is 8.50. The Labute approximate surface area is 196 Å². The van der Waals surface area contributed by atoms with E-state index in [0.29, 0.717) is 12.1 Å². The summed E-state index contributed by atoms with van der Waals surface area (Å²) in [5.74, 6) is 0.668. The van der Waals surface area contributed by atoms with Crippen molar-refractivity contribution in [2.45, 2.75) is 52.3 Å². The van der Waals surface area contributed by atoms with Crippen LogP contribution in [-0.2, 0) is 19.1 Å². The van der Waals surface area contributed by atoms with Gasteiger partial charge in [-0.25, -0.2) is 9.97 Å². The molecule has 0 saturated carbocycles. The fourth-order valence-corrected chi connectivity index (χ4v) is 4.35. The Kier molecular flexibility index (Phi) is 6.43. The molecule has 0 N–H and O–H groups in total. The first-order valence-corrected chi connectivity index (χ1v) is 11.2. The Bertz CT molecular complexity index is 1340. The summed E-state index contributed by atoms with van der Waals surface area (Å²) in [7, 11) is 0. The van der Waals surface area contributed by atoms with Gasteiger partial charge in [-0.1, -0.05) is 43.3 Å². The van der Waals surface area contributed by atoms with Gasteiger partial charge in [0.2, 0.25) is 0 Å². The van der Waals surface area contributed by atoms with Gasteiger partial charge >= 0.3 is 6.18 Å². The Morgan fingerprint density at radius 1 is 0.971 bits per heavy atom. The molecule has 0 bridgehead atoms. The van der Waals surface area contributed by atoms with E-state index in [1.807, 2.05) is 44.2 Å². The lowest BCUT2D eigenvalue weighted by Crippen LogP contribution is -2.07. The van der Waals surface area contributed by atoms with Crippen molar-refractivity contribution in [3.63, 3.8) is 0 Å². The number of imidazole rings is 1. The van der Waals surface area contributed by atoms with Crippen molar-refractivity contribution in [1.82, 2.24) is 14.5 Å². The summed E-state index contributed by atoms with van der Waals surface area (Å²) < 4.78 is 40.9. The number of rotatable bonds is 6. The van der Waals surface area contributed by atoms with Gasteiger partial charge in [0, 0.05) is 24.5 Å². The number of aryl methyl sites for hydroxylation is 3. The van der Waals surface area contributed by atoms with Gasteiger partial charge in [0.25, 0.3) is 0 Å². The van der Waals surface area contributed by atoms with E-state index in [9.17, 15) is 18.4 Å². The van der Waals surface area contributed by atoms with Crippen LogP contribution in [0, 0.1) is 25.2 Å². The van der Waals surface area contributed by atoms with Crippen LogP contribution in [0.15, 0.2) is 54.6 Å². The Hall–Kier alpha value is -3.66. The van der Waals surface area contributed by atoms with Crippen LogP contribution in [0.25, 0.3) is 11.2 Å². The maximum atomic E-state index is 12.9. The Balaban J connectivity index is 1.63. The van der Waals surface area contributed by atoms with Gasteiger partial charge in [-0.2, -0.15) is 18.4 Å². The molecular weight excluding hydrogens is 437 g/mol. The molecule has 2 aromatic heterocycles. The minimum absolute atomic E-state index is 0.180. The van der Waals surface area contributed by atoms with Crippen LogP contribution < -0.4 is 0 Å². The number of alkyl halides is 3. The van der Waals surface area contributed by atoms with Gasteiger partial charge < -0.3 is 4.57 Å². The van der Waals surface area contributed by atoms with E-state index in [4.69, 9.17) is 9.97 Å². The molecule has 174 valence electrons. The van der Waals surface area contributed by atoms with Gasteiger partial charge in [-0.3, -0.25) is 0 Å². The molecule has 0 aliphatic heterocycles. The molecule has 2 aromatic carbocycles. The molecule has 4 aromatic rings. The van der Waals surface area contributed by atoms with E-state index in [2.05, 4.69) is 17.6 Å². The number of aromatic nitrogens is 3. The highest BCUT2D eigenvalue weighted by atomic mass is 19.4. The number of nitrogens with zero attached hydrogens (tertiary/aromatic N) is 4. The average Bonchev–Trinajstić information content (AvgIpc) is 3.15. The topological polar surface area (TPSA) is 54.5 Å². The molecule has 0 aliphatic rings. The number of benzene rings is 2. The van der Waals surface area contributed by atoms with Crippen molar-refractivity contribution < 1.29 is 13.2 Å². The van der Waals surface area contributed by atoms with Crippen LogP contribution in [0.4, 0.5) is 13.2 Å². The summed E-state index contributed by atoms with van der Waals surface area (Å²) in [6, 6.07) is 17.1. The SMILES string of the molecule is CCc1nc2c(C)cc(C)nc2n1Cc1ccc(C(CC#N)c2ccc(C(F)(F)F)cc2)cc1. The Morgan fingerprint density at radius 2 is 1.59 bits per heavy atom. The van der Waals surface area contributed by atoms with Gasteiger partial charge in [-0.05, 0) is 54.3 Å². The summed E-state index contributed by atoms with van der Waals surface area (Å²) in [5, 5.41) is 9.32. The smallest absolute Gasteiger partial charge is 0.308 e. The average molecular weight is 463 g/mol. The van der Waals surface area contributed by atoms with E-state index in [-0.39, 0.29) is 12.3 Å². The molecule has 4 rings (SSSR count). The van der Waals surface area contributed by atoms with Gasteiger partial charge in [0.15, 0.2) is 5.65 Å². The van der Waals surface area contributed by atoms with Gasteiger partial charge in [-0.15, -0.1) is 0 Å². The van der Waals surface area contributed by atoms with Crippen molar-refractivity contribution in [3.8, 4) is 6.07 Å². The maximum Gasteiger partial charge on any atom is 0.416 e. The fourth-order valence-electron chi connectivity index (χ4n) is 4.35. The molecule has 0 aliphatic carbocycles. The second kappa shape index (κ2) is 9.30. The molecule has 7 heteroatoms. The highest BCUT2D eigenvalue weighted by Crippen LogP contribution is 2.33. The molecule has 2 heterocycles. The minimum atomic E-state index is -4.38. The highest BCUT2D eigenvalue weighted by molar-refractivity contribution is 5.76. The highest BCUT2D eigenvalue weighted by Gasteiger charge is 2.30. The van der Waals surface area contributed by atoms with Crippen molar-refractivity contribution in [3.05, 3.63) is 93.9 Å². The zero-order valence-corrected chi connectivity index (χ0v) is 19.3. The first kappa shape index (κ1) is 23.5. The van der Waals surface area contributed by atoms with Crippen LogP contribution in [0.1, 0.15) is 58.6 Å². The van der Waals surface area contributed by atoms with Crippen LogP contribution in [0.3, 0.4) is 0 Å². The van der Waals surface area contributed by atoms with Crippen LogP contribution in [0.5, 0.6) is 0 Å². The molecule has 0 spiro atoms.